The van der Waals surface area contributed by atoms with Gasteiger partial charge >= 0.3 is 5.97 Å². The summed E-state index contributed by atoms with van der Waals surface area (Å²) in [4.78, 5) is 11.8. The average Bonchev–Trinajstić information content (AvgIpc) is 2.51. The van der Waals surface area contributed by atoms with Crippen molar-refractivity contribution in [1.82, 2.24) is 0 Å². The second-order valence-electron chi connectivity index (χ2n) is 4.08. The fourth-order valence-electron chi connectivity index (χ4n) is 1.88. The van der Waals surface area contributed by atoms with Crippen molar-refractivity contribution in [3.63, 3.8) is 0 Å². The van der Waals surface area contributed by atoms with Crippen LogP contribution in [0, 0.1) is 28.6 Å². The Morgan fingerprint density at radius 1 is 1.19 bits per heavy atom. The zero-order chi connectivity index (χ0) is 15.8. The summed E-state index contributed by atoms with van der Waals surface area (Å²) in [5.74, 6) is -1.90. The number of esters is 1. The highest BCUT2D eigenvalue weighted by atomic mass is 16.5. The molecule has 6 heteroatoms. The molecule has 0 bridgehead atoms. The minimum atomic E-state index is -1.19. The number of carbonyl (C=O) groups is 1. The Morgan fingerprint density at radius 2 is 1.86 bits per heavy atom. The molecular formula is C15H16N2O4. The normalized spacial score (nSPS) is 12.4. The molecule has 0 spiro atoms. The topological polar surface area (TPSA) is 92.3 Å². The molecule has 0 aliphatic heterocycles. The van der Waals surface area contributed by atoms with Gasteiger partial charge in [0.15, 0.2) is 17.4 Å². The first-order valence-electron chi connectivity index (χ1n) is 6.30. The zero-order valence-corrected chi connectivity index (χ0v) is 12.1. The highest BCUT2D eigenvalue weighted by Gasteiger charge is 2.31. The molecule has 0 saturated heterocycles. The lowest BCUT2D eigenvalue weighted by atomic mass is 9.88. The quantitative estimate of drug-likeness (QED) is 0.743. The SMILES string of the molecule is CCOC(=O)[C@H](C#N)[C@@H](C#N)c1ccc(OC)c(OC)c1. The summed E-state index contributed by atoms with van der Waals surface area (Å²) in [6.45, 7) is 1.80. The van der Waals surface area contributed by atoms with Gasteiger partial charge in [0.25, 0.3) is 0 Å². The molecule has 0 N–H and O–H groups in total. The predicted octanol–water partition coefficient (Wildman–Crippen LogP) is 2.01. The van der Waals surface area contributed by atoms with E-state index in [9.17, 15) is 10.1 Å². The lowest BCUT2D eigenvalue weighted by molar-refractivity contribution is -0.146. The number of ether oxygens (including phenoxy) is 3. The van der Waals surface area contributed by atoms with Crippen LogP contribution in [0.1, 0.15) is 18.4 Å². The molecule has 1 aromatic carbocycles. The molecule has 1 rings (SSSR count). The monoisotopic (exact) mass is 288 g/mol. The van der Waals surface area contributed by atoms with Crippen LogP contribution in [0.15, 0.2) is 18.2 Å². The van der Waals surface area contributed by atoms with Gasteiger partial charge in [-0.2, -0.15) is 10.5 Å². The van der Waals surface area contributed by atoms with Crippen molar-refractivity contribution >= 4 is 5.97 Å². The molecule has 0 radical (unpaired) electrons. The number of methoxy groups -OCH3 is 2. The van der Waals surface area contributed by atoms with Gasteiger partial charge in [0, 0.05) is 0 Å². The third kappa shape index (κ3) is 3.64. The van der Waals surface area contributed by atoms with E-state index in [0.29, 0.717) is 17.1 Å². The minimum Gasteiger partial charge on any atom is -0.493 e. The molecule has 2 atom stereocenters. The average molecular weight is 288 g/mol. The van der Waals surface area contributed by atoms with E-state index in [2.05, 4.69) is 0 Å². The van der Waals surface area contributed by atoms with Crippen molar-refractivity contribution < 1.29 is 19.0 Å². The molecule has 0 aliphatic carbocycles. The Hall–Kier alpha value is -2.73. The molecule has 110 valence electrons. The molecule has 0 unspecified atom stereocenters. The van der Waals surface area contributed by atoms with Gasteiger partial charge in [-0.25, -0.2) is 0 Å². The van der Waals surface area contributed by atoms with Gasteiger partial charge in [0.1, 0.15) is 0 Å². The number of nitriles is 2. The van der Waals surface area contributed by atoms with Crippen LogP contribution in [0.4, 0.5) is 0 Å². The second-order valence-corrected chi connectivity index (χ2v) is 4.08. The van der Waals surface area contributed by atoms with E-state index < -0.39 is 17.8 Å². The first kappa shape index (κ1) is 16.3. The van der Waals surface area contributed by atoms with E-state index in [1.807, 2.05) is 12.1 Å². The molecule has 21 heavy (non-hydrogen) atoms. The molecule has 0 aliphatic rings. The second kappa shape index (κ2) is 7.76. The Balaban J connectivity index is 3.18. The first-order chi connectivity index (χ1) is 10.1. The highest BCUT2D eigenvalue weighted by Crippen LogP contribution is 2.33. The summed E-state index contributed by atoms with van der Waals surface area (Å²) in [6.07, 6.45) is 0. The maximum Gasteiger partial charge on any atom is 0.325 e. The summed E-state index contributed by atoms with van der Waals surface area (Å²) in [6, 6.07) is 8.64. The van der Waals surface area contributed by atoms with Crippen LogP contribution in [0.3, 0.4) is 0 Å². The van der Waals surface area contributed by atoms with Gasteiger partial charge < -0.3 is 14.2 Å². The standard InChI is InChI=1S/C15H16N2O4/c1-4-21-15(18)12(9-17)11(8-16)10-5-6-13(19-2)14(7-10)20-3/h5-7,11-12H,4H2,1-3H3/t11-,12+/m0/s1. The van der Waals surface area contributed by atoms with Crippen molar-refractivity contribution in [1.29, 1.82) is 10.5 Å². The van der Waals surface area contributed by atoms with E-state index in [-0.39, 0.29) is 6.61 Å². The number of hydrogen-bond acceptors (Lipinski definition) is 6. The number of carbonyl (C=O) groups excluding carboxylic acids is 1. The number of benzene rings is 1. The Morgan fingerprint density at radius 3 is 2.33 bits per heavy atom. The van der Waals surface area contributed by atoms with E-state index in [1.165, 1.54) is 14.2 Å². The van der Waals surface area contributed by atoms with Gasteiger partial charge in [-0.1, -0.05) is 6.07 Å². The van der Waals surface area contributed by atoms with E-state index in [4.69, 9.17) is 19.5 Å². The van der Waals surface area contributed by atoms with Crippen molar-refractivity contribution in [3.8, 4) is 23.6 Å². The summed E-state index contributed by atoms with van der Waals surface area (Å²) in [7, 11) is 2.96. The summed E-state index contributed by atoms with van der Waals surface area (Å²) < 4.78 is 15.1. The first-order valence-corrected chi connectivity index (χ1v) is 6.30. The highest BCUT2D eigenvalue weighted by molar-refractivity contribution is 5.77. The molecular weight excluding hydrogens is 272 g/mol. The van der Waals surface area contributed by atoms with Crippen LogP contribution in [-0.2, 0) is 9.53 Å². The fourth-order valence-corrected chi connectivity index (χ4v) is 1.88. The Kier molecular flexibility index (Phi) is 6.03. The molecule has 0 amide bonds. The predicted molar refractivity (Wildman–Crippen MR) is 73.6 cm³/mol. The van der Waals surface area contributed by atoms with Crippen LogP contribution in [0.2, 0.25) is 0 Å². The molecule has 1 aromatic rings. The van der Waals surface area contributed by atoms with Gasteiger partial charge in [-0.3, -0.25) is 4.79 Å². The Bertz CT molecular complexity index is 586. The molecule has 0 fully saturated rings. The van der Waals surface area contributed by atoms with Crippen molar-refractivity contribution in [2.75, 3.05) is 20.8 Å². The van der Waals surface area contributed by atoms with Crippen LogP contribution >= 0.6 is 0 Å². The Labute approximate surface area is 123 Å². The number of nitrogens with zero attached hydrogens (tertiary/aromatic N) is 2. The third-order valence-corrected chi connectivity index (χ3v) is 2.92. The zero-order valence-electron chi connectivity index (χ0n) is 12.1. The minimum absolute atomic E-state index is 0.154. The summed E-state index contributed by atoms with van der Waals surface area (Å²) >= 11 is 0. The maximum absolute atomic E-state index is 11.8. The van der Waals surface area contributed by atoms with Gasteiger partial charge in [-0.15, -0.1) is 0 Å². The third-order valence-electron chi connectivity index (χ3n) is 2.92. The van der Waals surface area contributed by atoms with E-state index in [0.717, 1.165) is 0 Å². The molecule has 0 heterocycles. The van der Waals surface area contributed by atoms with Crippen molar-refractivity contribution in [3.05, 3.63) is 23.8 Å². The fraction of sp³-hybridized carbons (Fsp3) is 0.400. The molecule has 6 nitrogen and oxygen atoms in total. The smallest absolute Gasteiger partial charge is 0.325 e. The summed E-state index contributed by atoms with van der Waals surface area (Å²) in [5.41, 5.74) is 0.495. The lowest BCUT2D eigenvalue weighted by Crippen LogP contribution is -2.22. The lowest BCUT2D eigenvalue weighted by Gasteiger charge is -2.16. The van der Waals surface area contributed by atoms with Gasteiger partial charge in [0.05, 0.1) is 38.9 Å². The van der Waals surface area contributed by atoms with Crippen LogP contribution < -0.4 is 9.47 Å². The maximum atomic E-state index is 11.8. The molecule has 0 aromatic heterocycles. The van der Waals surface area contributed by atoms with Gasteiger partial charge in [-0.05, 0) is 24.6 Å². The molecule has 0 saturated carbocycles. The van der Waals surface area contributed by atoms with Crippen molar-refractivity contribution in [2.45, 2.75) is 12.8 Å². The van der Waals surface area contributed by atoms with E-state index in [1.54, 1.807) is 25.1 Å². The largest absolute Gasteiger partial charge is 0.493 e. The van der Waals surface area contributed by atoms with Crippen LogP contribution in [0.5, 0.6) is 11.5 Å². The van der Waals surface area contributed by atoms with Gasteiger partial charge in [0.2, 0.25) is 0 Å². The summed E-state index contributed by atoms with van der Waals surface area (Å²) in [5, 5.41) is 18.5. The van der Waals surface area contributed by atoms with E-state index >= 15 is 0 Å². The van der Waals surface area contributed by atoms with Crippen LogP contribution in [0.25, 0.3) is 0 Å². The number of rotatable bonds is 6. The number of hydrogen-bond donors (Lipinski definition) is 0. The van der Waals surface area contributed by atoms with Crippen molar-refractivity contribution in [2.24, 2.45) is 5.92 Å². The van der Waals surface area contributed by atoms with Crippen LogP contribution in [-0.4, -0.2) is 26.8 Å².